The van der Waals surface area contributed by atoms with Gasteiger partial charge in [-0.15, -0.1) is 0 Å². The van der Waals surface area contributed by atoms with Gasteiger partial charge in [0.1, 0.15) is 0 Å². The van der Waals surface area contributed by atoms with Crippen LogP contribution in [0.25, 0.3) is 0 Å². The predicted molar refractivity (Wildman–Crippen MR) is 42.1 cm³/mol. The van der Waals surface area contributed by atoms with Crippen LogP contribution in [0.15, 0.2) is 0 Å². The summed E-state index contributed by atoms with van der Waals surface area (Å²) in [5.41, 5.74) is 0. The Kier molecular flexibility index (Phi) is 2.40. The van der Waals surface area contributed by atoms with Crippen molar-refractivity contribution in [1.82, 2.24) is 0 Å². The molecule has 13 heavy (non-hydrogen) atoms. The van der Waals surface area contributed by atoms with E-state index in [2.05, 4.69) is 0 Å². The second kappa shape index (κ2) is 3.08. The molecule has 0 bridgehead atoms. The molecule has 0 aromatic heterocycles. The van der Waals surface area contributed by atoms with E-state index >= 15 is 0 Å². The van der Waals surface area contributed by atoms with Crippen LogP contribution in [-0.4, -0.2) is 34.9 Å². The lowest BCUT2D eigenvalue weighted by Gasteiger charge is -2.15. The van der Waals surface area contributed by atoms with Crippen molar-refractivity contribution < 1.29 is 24.2 Å². The van der Waals surface area contributed by atoms with Crippen molar-refractivity contribution in [3.8, 4) is 0 Å². The lowest BCUT2D eigenvalue weighted by atomic mass is 10.1. The monoisotopic (exact) mass is 188 g/mol. The van der Waals surface area contributed by atoms with Gasteiger partial charge in [-0.3, -0.25) is 4.79 Å². The number of hydrogen-bond acceptors (Lipinski definition) is 4. The third-order valence-electron chi connectivity index (χ3n) is 1.74. The Bertz CT molecular complexity index is 221. The molecule has 1 aliphatic rings. The summed E-state index contributed by atoms with van der Waals surface area (Å²) < 4.78 is 10.2. The van der Waals surface area contributed by atoms with Gasteiger partial charge in [-0.05, 0) is 20.8 Å². The fourth-order valence-corrected chi connectivity index (χ4v) is 1.24. The summed E-state index contributed by atoms with van der Waals surface area (Å²) in [4.78, 5) is 21.6. The second-order valence-electron chi connectivity index (χ2n) is 3.43. The number of ether oxygens (including phenoxy) is 2. The van der Waals surface area contributed by atoms with Crippen LogP contribution < -0.4 is 0 Å². The van der Waals surface area contributed by atoms with Crippen molar-refractivity contribution in [2.24, 2.45) is 0 Å². The van der Waals surface area contributed by atoms with E-state index < -0.39 is 24.0 Å². The van der Waals surface area contributed by atoms with Gasteiger partial charge < -0.3 is 14.6 Å². The Hall–Kier alpha value is -0.940. The lowest BCUT2D eigenvalue weighted by Crippen LogP contribution is -2.35. The molecule has 1 heterocycles. The molecule has 1 N–H and O–H groups in total. The minimum absolute atomic E-state index is 0.335. The fourth-order valence-electron chi connectivity index (χ4n) is 1.24. The topological polar surface area (TPSA) is 72.8 Å². The second-order valence-corrected chi connectivity index (χ2v) is 3.43. The van der Waals surface area contributed by atoms with Gasteiger partial charge in [0, 0.05) is 0 Å². The van der Waals surface area contributed by atoms with E-state index in [-0.39, 0.29) is 5.78 Å². The quantitative estimate of drug-likeness (QED) is 0.669. The molecule has 0 radical (unpaired) electrons. The number of carbonyl (C=O) groups excluding carboxylic acids is 1. The minimum atomic E-state index is -1.19. The molecule has 1 unspecified atom stereocenters. The first-order valence-electron chi connectivity index (χ1n) is 3.92. The standard InChI is InChI=1S/C8H12O5/c1-4(9)5-6(7(10)11)13-8(2,3)12-5/h5-6H,1-3H3,(H,10,11)/t5?,6-/m1/s1. The summed E-state index contributed by atoms with van der Waals surface area (Å²) in [6, 6.07) is 0. The number of hydrogen-bond donors (Lipinski definition) is 1. The van der Waals surface area contributed by atoms with Crippen molar-refractivity contribution in [2.75, 3.05) is 0 Å². The number of aliphatic carboxylic acids is 1. The average Bonchev–Trinajstić information content (AvgIpc) is 2.26. The molecule has 2 atom stereocenters. The first kappa shape index (κ1) is 10.1. The zero-order valence-electron chi connectivity index (χ0n) is 7.73. The van der Waals surface area contributed by atoms with Crippen LogP contribution in [0.5, 0.6) is 0 Å². The van der Waals surface area contributed by atoms with Gasteiger partial charge >= 0.3 is 5.97 Å². The Balaban J connectivity index is 2.83. The van der Waals surface area contributed by atoms with Crippen LogP contribution in [-0.2, 0) is 19.1 Å². The number of ketones is 1. The van der Waals surface area contributed by atoms with Crippen LogP contribution in [0.3, 0.4) is 0 Å². The normalized spacial score (nSPS) is 31.6. The molecule has 0 amide bonds. The van der Waals surface area contributed by atoms with Crippen molar-refractivity contribution in [2.45, 2.75) is 38.8 Å². The molecule has 5 heteroatoms. The molecule has 1 saturated heterocycles. The van der Waals surface area contributed by atoms with Gasteiger partial charge in [-0.25, -0.2) is 4.79 Å². The maximum absolute atomic E-state index is 11.0. The van der Waals surface area contributed by atoms with Crippen molar-refractivity contribution in [1.29, 1.82) is 0 Å². The van der Waals surface area contributed by atoms with E-state index in [1.165, 1.54) is 6.92 Å². The molecule has 0 aromatic carbocycles. The van der Waals surface area contributed by atoms with Crippen molar-refractivity contribution in [3.05, 3.63) is 0 Å². The maximum Gasteiger partial charge on any atom is 0.336 e. The number of carbonyl (C=O) groups is 2. The third-order valence-corrected chi connectivity index (χ3v) is 1.74. The van der Waals surface area contributed by atoms with Gasteiger partial charge in [-0.1, -0.05) is 0 Å². The van der Waals surface area contributed by atoms with Crippen LogP contribution in [0.4, 0.5) is 0 Å². The number of rotatable bonds is 2. The Morgan fingerprint density at radius 3 is 2.00 bits per heavy atom. The molecule has 1 rings (SSSR count). The smallest absolute Gasteiger partial charge is 0.336 e. The van der Waals surface area contributed by atoms with Crippen LogP contribution in [0.2, 0.25) is 0 Å². The highest BCUT2D eigenvalue weighted by Crippen LogP contribution is 2.28. The zero-order chi connectivity index (χ0) is 10.2. The van der Waals surface area contributed by atoms with E-state index in [0.717, 1.165) is 0 Å². The summed E-state index contributed by atoms with van der Waals surface area (Å²) in [7, 11) is 0. The Morgan fingerprint density at radius 1 is 1.23 bits per heavy atom. The molecular formula is C8H12O5. The summed E-state index contributed by atoms with van der Waals surface area (Å²) in [5, 5.41) is 8.71. The van der Waals surface area contributed by atoms with E-state index in [9.17, 15) is 9.59 Å². The average molecular weight is 188 g/mol. The summed E-state index contributed by atoms with van der Waals surface area (Å²) in [6.07, 6.45) is -2.18. The van der Waals surface area contributed by atoms with E-state index in [1.54, 1.807) is 13.8 Å². The fraction of sp³-hybridized carbons (Fsp3) is 0.750. The molecule has 0 spiro atoms. The van der Waals surface area contributed by atoms with Crippen LogP contribution in [0.1, 0.15) is 20.8 Å². The van der Waals surface area contributed by atoms with Crippen molar-refractivity contribution >= 4 is 11.8 Å². The SMILES string of the molecule is CC(=O)C1OC(C)(C)O[C@H]1C(=O)O. The molecule has 74 valence electrons. The molecule has 5 nitrogen and oxygen atoms in total. The number of carboxylic acid groups (broad SMARTS) is 1. The highest BCUT2D eigenvalue weighted by atomic mass is 16.8. The van der Waals surface area contributed by atoms with E-state index in [4.69, 9.17) is 14.6 Å². The molecule has 1 aliphatic heterocycles. The van der Waals surface area contributed by atoms with E-state index in [1.807, 2.05) is 0 Å². The molecular weight excluding hydrogens is 176 g/mol. The van der Waals surface area contributed by atoms with Gasteiger partial charge in [0.25, 0.3) is 0 Å². The first-order chi connectivity index (χ1) is 5.83. The van der Waals surface area contributed by atoms with Gasteiger partial charge in [0.2, 0.25) is 0 Å². The van der Waals surface area contributed by atoms with E-state index in [0.29, 0.717) is 0 Å². The van der Waals surface area contributed by atoms with Crippen molar-refractivity contribution in [3.63, 3.8) is 0 Å². The number of Topliss-reactive ketones (excluding diaryl/α,β-unsaturated/α-hetero) is 1. The molecule has 0 saturated carbocycles. The molecule has 0 aliphatic carbocycles. The van der Waals surface area contributed by atoms with Crippen LogP contribution in [0, 0.1) is 0 Å². The summed E-state index contributed by atoms with van der Waals surface area (Å²) in [5.74, 6) is -2.51. The third kappa shape index (κ3) is 2.05. The van der Waals surface area contributed by atoms with Gasteiger partial charge in [0.05, 0.1) is 0 Å². The predicted octanol–water partition coefficient (Wildman–Crippen LogP) is 0.180. The summed E-state index contributed by atoms with van der Waals surface area (Å²) in [6.45, 7) is 4.43. The number of carboxylic acids is 1. The summed E-state index contributed by atoms with van der Waals surface area (Å²) >= 11 is 0. The molecule has 0 aromatic rings. The maximum atomic E-state index is 11.0. The van der Waals surface area contributed by atoms with Crippen LogP contribution >= 0.6 is 0 Å². The minimum Gasteiger partial charge on any atom is -0.479 e. The highest BCUT2D eigenvalue weighted by Gasteiger charge is 2.47. The van der Waals surface area contributed by atoms with Gasteiger partial charge in [-0.2, -0.15) is 0 Å². The highest BCUT2D eigenvalue weighted by molar-refractivity contribution is 5.88. The Morgan fingerprint density at radius 2 is 1.69 bits per heavy atom. The van der Waals surface area contributed by atoms with Gasteiger partial charge in [0.15, 0.2) is 23.8 Å². The molecule has 1 fully saturated rings. The lowest BCUT2D eigenvalue weighted by molar-refractivity contribution is -0.166. The first-order valence-corrected chi connectivity index (χ1v) is 3.92. The Labute approximate surface area is 75.6 Å². The largest absolute Gasteiger partial charge is 0.479 e. The zero-order valence-corrected chi connectivity index (χ0v) is 7.73.